The van der Waals surface area contributed by atoms with Crippen LogP contribution in [0.3, 0.4) is 0 Å². The average molecular weight is 248 g/mol. The van der Waals surface area contributed by atoms with Crippen LogP contribution >= 0.6 is 0 Å². The first-order valence-corrected chi connectivity index (χ1v) is 5.36. The Morgan fingerprint density at radius 2 is 2.00 bits per heavy atom. The maximum Gasteiger partial charge on any atom is 0.342 e. The van der Waals surface area contributed by atoms with Crippen molar-refractivity contribution in [3.05, 3.63) is 51.2 Å². The fraction of sp³-hybridized carbons (Fsp3) is 0.182. The minimum atomic E-state index is -0.633. The number of anilines is 1. The fourth-order valence-corrected chi connectivity index (χ4v) is 1.32. The lowest BCUT2D eigenvalue weighted by Crippen LogP contribution is -2.28. The van der Waals surface area contributed by atoms with Gasteiger partial charge in [-0.1, -0.05) is 18.2 Å². The minimum Gasteiger partial charge on any atom is -0.492 e. The van der Waals surface area contributed by atoms with Crippen LogP contribution in [0, 0.1) is 0 Å². The second-order valence-corrected chi connectivity index (χ2v) is 3.44. The Balaban J connectivity index is 1.82. The molecule has 1 aromatic carbocycles. The molecule has 2 rings (SSSR count). The van der Waals surface area contributed by atoms with E-state index in [9.17, 15) is 9.59 Å². The first-order valence-electron chi connectivity index (χ1n) is 5.36. The summed E-state index contributed by atoms with van der Waals surface area (Å²) in [5.74, 6) is 0.814. The van der Waals surface area contributed by atoms with E-state index in [1.807, 2.05) is 30.3 Å². The zero-order valence-corrected chi connectivity index (χ0v) is 9.47. The van der Waals surface area contributed by atoms with Crippen LogP contribution in [0.15, 0.2) is 39.9 Å². The summed E-state index contributed by atoms with van der Waals surface area (Å²) >= 11 is 0. The number of H-pyrrole nitrogens is 2. The maximum atomic E-state index is 11.3. The van der Waals surface area contributed by atoms with Gasteiger partial charge >= 0.3 is 5.69 Å². The number of aromatic nitrogens is 3. The standard InChI is InChI=1S/C11H12N4O3/c16-10-9(14-15-11(17)13-10)12-6-7-18-8-4-2-1-3-5-8/h1-5H,6-7H2,(H,12,14)(H2,13,15,16,17). The molecule has 7 heteroatoms. The van der Waals surface area contributed by atoms with Crippen molar-refractivity contribution in [1.82, 2.24) is 15.2 Å². The summed E-state index contributed by atoms with van der Waals surface area (Å²) in [5.41, 5.74) is -1.19. The molecule has 0 unspecified atom stereocenters. The normalized spacial score (nSPS) is 10.0. The van der Waals surface area contributed by atoms with E-state index in [0.717, 1.165) is 5.75 Å². The molecular weight excluding hydrogens is 236 g/mol. The van der Waals surface area contributed by atoms with Gasteiger partial charge in [-0.2, -0.15) is 0 Å². The average Bonchev–Trinajstić information content (AvgIpc) is 2.38. The Morgan fingerprint density at radius 3 is 2.72 bits per heavy atom. The molecule has 1 aromatic heterocycles. The lowest BCUT2D eigenvalue weighted by molar-refractivity contribution is 0.332. The van der Waals surface area contributed by atoms with Gasteiger partial charge < -0.3 is 10.1 Å². The number of para-hydroxylation sites is 1. The Kier molecular flexibility index (Phi) is 3.75. The van der Waals surface area contributed by atoms with Crippen LogP contribution in [0.1, 0.15) is 0 Å². The van der Waals surface area contributed by atoms with E-state index in [4.69, 9.17) is 4.74 Å². The third-order valence-electron chi connectivity index (χ3n) is 2.12. The molecule has 0 saturated carbocycles. The maximum absolute atomic E-state index is 11.3. The number of nitrogens with one attached hydrogen (secondary N) is 3. The summed E-state index contributed by atoms with van der Waals surface area (Å²) in [6.45, 7) is 0.779. The number of ether oxygens (including phenoxy) is 1. The van der Waals surface area contributed by atoms with Gasteiger partial charge in [-0.05, 0) is 12.1 Å². The van der Waals surface area contributed by atoms with Gasteiger partial charge in [0.1, 0.15) is 12.4 Å². The van der Waals surface area contributed by atoms with Crippen LogP contribution in [0.25, 0.3) is 0 Å². The number of hydrogen-bond donors (Lipinski definition) is 3. The third kappa shape index (κ3) is 3.21. The highest BCUT2D eigenvalue weighted by Crippen LogP contribution is 2.07. The SMILES string of the molecule is O=c1[nH]nc(NCCOc2ccccc2)c(=O)[nH]1. The second kappa shape index (κ2) is 5.67. The van der Waals surface area contributed by atoms with Crippen molar-refractivity contribution in [2.24, 2.45) is 0 Å². The molecule has 3 N–H and O–H groups in total. The molecule has 0 aliphatic carbocycles. The number of nitrogens with zero attached hydrogens (tertiary/aromatic N) is 1. The van der Waals surface area contributed by atoms with Gasteiger partial charge in [0, 0.05) is 0 Å². The minimum absolute atomic E-state index is 0.0614. The van der Waals surface area contributed by atoms with Crippen molar-refractivity contribution in [3.8, 4) is 5.75 Å². The van der Waals surface area contributed by atoms with E-state index in [1.54, 1.807) is 0 Å². The molecule has 94 valence electrons. The predicted octanol–water partition coefficient (Wildman–Crippen LogP) is -0.0509. The molecule has 0 saturated heterocycles. The number of hydrogen-bond acceptors (Lipinski definition) is 5. The largest absolute Gasteiger partial charge is 0.492 e. The molecule has 0 atom stereocenters. The van der Waals surface area contributed by atoms with E-state index in [2.05, 4.69) is 20.5 Å². The Bertz CT molecular complexity index is 605. The lowest BCUT2D eigenvalue weighted by atomic mass is 10.3. The summed E-state index contributed by atoms with van der Waals surface area (Å²) in [4.78, 5) is 24.1. The van der Waals surface area contributed by atoms with Gasteiger partial charge in [-0.25, -0.2) is 9.89 Å². The van der Waals surface area contributed by atoms with Gasteiger partial charge in [-0.3, -0.25) is 9.78 Å². The van der Waals surface area contributed by atoms with Gasteiger partial charge in [-0.15, -0.1) is 5.10 Å². The smallest absolute Gasteiger partial charge is 0.342 e. The van der Waals surface area contributed by atoms with Crippen LogP contribution < -0.4 is 21.3 Å². The van der Waals surface area contributed by atoms with Crippen LogP contribution in [0.4, 0.5) is 5.82 Å². The fourth-order valence-electron chi connectivity index (χ4n) is 1.32. The number of aromatic amines is 2. The number of benzene rings is 1. The zero-order valence-electron chi connectivity index (χ0n) is 9.47. The summed E-state index contributed by atoms with van der Waals surface area (Å²) in [6.07, 6.45) is 0. The van der Waals surface area contributed by atoms with Crippen LogP contribution in [0.2, 0.25) is 0 Å². The molecule has 18 heavy (non-hydrogen) atoms. The molecular formula is C11H12N4O3. The predicted molar refractivity (Wildman–Crippen MR) is 65.9 cm³/mol. The molecule has 0 radical (unpaired) electrons. The molecule has 0 spiro atoms. The van der Waals surface area contributed by atoms with Crippen LogP contribution in [-0.2, 0) is 0 Å². The van der Waals surface area contributed by atoms with Crippen molar-refractivity contribution in [3.63, 3.8) is 0 Å². The molecule has 1 heterocycles. The van der Waals surface area contributed by atoms with Crippen molar-refractivity contribution in [2.75, 3.05) is 18.5 Å². The van der Waals surface area contributed by atoms with Gasteiger partial charge in [0.25, 0.3) is 5.56 Å². The highest BCUT2D eigenvalue weighted by atomic mass is 16.5. The summed E-state index contributed by atoms with van der Waals surface area (Å²) in [6, 6.07) is 9.32. The molecule has 0 bridgehead atoms. The summed E-state index contributed by atoms with van der Waals surface area (Å²) in [7, 11) is 0. The van der Waals surface area contributed by atoms with Gasteiger partial charge in [0.05, 0.1) is 6.54 Å². The Labute approximate surface area is 102 Å². The molecule has 0 aliphatic rings. The molecule has 2 aromatic rings. The molecule has 7 nitrogen and oxygen atoms in total. The quantitative estimate of drug-likeness (QED) is 0.644. The lowest BCUT2D eigenvalue weighted by Gasteiger charge is -2.06. The van der Waals surface area contributed by atoms with Crippen LogP contribution in [0.5, 0.6) is 5.75 Å². The van der Waals surface area contributed by atoms with Crippen molar-refractivity contribution < 1.29 is 4.74 Å². The van der Waals surface area contributed by atoms with Gasteiger partial charge in [0.15, 0.2) is 0 Å². The zero-order chi connectivity index (χ0) is 12.8. The highest BCUT2D eigenvalue weighted by molar-refractivity contribution is 5.28. The van der Waals surface area contributed by atoms with E-state index >= 15 is 0 Å². The monoisotopic (exact) mass is 248 g/mol. The Hall–Kier alpha value is -2.57. The van der Waals surface area contributed by atoms with Crippen molar-refractivity contribution in [1.29, 1.82) is 0 Å². The van der Waals surface area contributed by atoms with E-state index < -0.39 is 11.2 Å². The molecule has 0 amide bonds. The first-order chi connectivity index (χ1) is 8.75. The highest BCUT2D eigenvalue weighted by Gasteiger charge is 2.00. The Morgan fingerprint density at radius 1 is 1.22 bits per heavy atom. The second-order valence-electron chi connectivity index (χ2n) is 3.44. The summed E-state index contributed by atoms with van der Waals surface area (Å²) in [5, 5.41) is 8.47. The third-order valence-corrected chi connectivity index (χ3v) is 2.12. The van der Waals surface area contributed by atoms with Crippen molar-refractivity contribution in [2.45, 2.75) is 0 Å². The van der Waals surface area contributed by atoms with E-state index in [1.165, 1.54) is 0 Å². The topological polar surface area (TPSA) is 99.9 Å². The van der Waals surface area contributed by atoms with E-state index in [-0.39, 0.29) is 5.82 Å². The molecule has 0 fully saturated rings. The van der Waals surface area contributed by atoms with Gasteiger partial charge in [0.2, 0.25) is 5.82 Å². The van der Waals surface area contributed by atoms with Crippen LogP contribution in [-0.4, -0.2) is 28.3 Å². The number of rotatable bonds is 5. The first kappa shape index (κ1) is 11.9. The van der Waals surface area contributed by atoms with Crippen molar-refractivity contribution >= 4 is 5.82 Å². The molecule has 0 aliphatic heterocycles. The summed E-state index contributed by atoms with van der Waals surface area (Å²) < 4.78 is 5.42. The van der Waals surface area contributed by atoms with E-state index in [0.29, 0.717) is 13.2 Å².